The molecule has 1 aromatic carbocycles. The topological polar surface area (TPSA) is 57.6 Å². The number of alkyl halides is 1. The summed E-state index contributed by atoms with van der Waals surface area (Å²) in [6.45, 7) is 5.31. The minimum Gasteiger partial charge on any atom is -0.480 e. The second kappa shape index (κ2) is 6.57. The third-order valence-corrected chi connectivity index (χ3v) is 3.30. The van der Waals surface area contributed by atoms with E-state index in [0.29, 0.717) is 5.69 Å². The van der Waals surface area contributed by atoms with E-state index in [2.05, 4.69) is 0 Å². The molecule has 1 N–H and O–H groups in total. The van der Waals surface area contributed by atoms with E-state index in [1.807, 2.05) is 32.0 Å². The third kappa shape index (κ3) is 3.26. The van der Waals surface area contributed by atoms with Crippen LogP contribution < -0.4 is 4.90 Å². The largest absolute Gasteiger partial charge is 0.480 e. The zero-order valence-electron chi connectivity index (χ0n) is 11.3. The molecule has 104 valence electrons. The van der Waals surface area contributed by atoms with Crippen LogP contribution in [-0.4, -0.2) is 28.9 Å². The van der Waals surface area contributed by atoms with Gasteiger partial charge < -0.3 is 5.11 Å². The number of hydrogen-bond donors (Lipinski definition) is 1. The second-order valence-corrected chi connectivity index (χ2v) is 4.62. The van der Waals surface area contributed by atoms with Gasteiger partial charge in [-0.1, -0.05) is 25.1 Å². The van der Waals surface area contributed by atoms with Crippen molar-refractivity contribution in [3.05, 3.63) is 29.3 Å². The Kier molecular flexibility index (Phi) is 5.36. The number of amides is 1. The highest BCUT2D eigenvalue weighted by molar-refractivity contribution is 6.29. The number of hydrogen-bond acceptors (Lipinski definition) is 2. The number of nitrogens with zero attached hydrogens (tertiary/aromatic N) is 1. The van der Waals surface area contributed by atoms with Crippen molar-refractivity contribution in [1.29, 1.82) is 0 Å². The van der Waals surface area contributed by atoms with Crippen molar-refractivity contribution in [2.24, 2.45) is 0 Å². The van der Waals surface area contributed by atoms with Crippen LogP contribution in [0.25, 0.3) is 0 Å². The number of carbonyl (C=O) groups is 2. The lowest BCUT2D eigenvalue weighted by molar-refractivity contribution is -0.139. The number of halogens is 1. The molecule has 0 bridgehead atoms. The highest BCUT2D eigenvalue weighted by Gasteiger charge is 2.28. The van der Waals surface area contributed by atoms with Crippen LogP contribution >= 0.6 is 11.6 Å². The van der Waals surface area contributed by atoms with Crippen molar-refractivity contribution < 1.29 is 14.7 Å². The zero-order valence-corrected chi connectivity index (χ0v) is 12.1. The summed E-state index contributed by atoms with van der Waals surface area (Å²) in [7, 11) is 0. The lowest BCUT2D eigenvalue weighted by Crippen LogP contribution is -2.45. The van der Waals surface area contributed by atoms with E-state index in [4.69, 9.17) is 11.6 Å². The molecule has 19 heavy (non-hydrogen) atoms. The summed E-state index contributed by atoms with van der Waals surface area (Å²) >= 11 is 5.61. The van der Waals surface area contributed by atoms with Gasteiger partial charge in [-0.3, -0.25) is 9.69 Å². The van der Waals surface area contributed by atoms with Crippen molar-refractivity contribution >= 4 is 29.2 Å². The predicted molar refractivity (Wildman–Crippen MR) is 75.9 cm³/mol. The normalized spacial score (nSPS) is 12.0. The lowest BCUT2D eigenvalue weighted by Gasteiger charge is -2.29. The van der Waals surface area contributed by atoms with Crippen LogP contribution in [0, 0.1) is 6.92 Å². The van der Waals surface area contributed by atoms with Crippen molar-refractivity contribution in [3.8, 4) is 0 Å². The molecule has 0 radical (unpaired) electrons. The summed E-state index contributed by atoms with van der Waals surface area (Å²) in [5.41, 5.74) is 2.46. The van der Waals surface area contributed by atoms with Crippen molar-refractivity contribution in [2.75, 3.05) is 10.8 Å². The molecule has 0 aliphatic rings. The first-order valence-corrected chi connectivity index (χ1v) is 6.66. The van der Waals surface area contributed by atoms with Gasteiger partial charge in [0, 0.05) is 0 Å². The van der Waals surface area contributed by atoms with Crippen LogP contribution in [0.4, 0.5) is 5.69 Å². The van der Waals surface area contributed by atoms with Gasteiger partial charge in [0.15, 0.2) is 0 Å². The molecule has 0 aliphatic carbocycles. The molecule has 0 aromatic heterocycles. The Morgan fingerprint density at radius 1 is 1.42 bits per heavy atom. The van der Waals surface area contributed by atoms with Crippen LogP contribution in [0.15, 0.2) is 18.2 Å². The summed E-state index contributed by atoms with van der Waals surface area (Å²) < 4.78 is 0. The fourth-order valence-corrected chi connectivity index (χ4v) is 2.19. The first-order valence-electron chi connectivity index (χ1n) is 6.13. The van der Waals surface area contributed by atoms with Gasteiger partial charge in [-0.2, -0.15) is 0 Å². The Morgan fingerprint density at radius 3 is 2.53 bits per heavy atom. The van der Waals surface area contributed by atoms with Gasteiger partial charge in [-0.05, 0) is 31.4 Å². The zero-order chi connectivity index (χ0) is 14.6. The molecule has 4 nitrogen and oxygen atoms in total. The molecule has 0 spiro atoms. The molecular weight excluding hydrogens is 266 g/mol. The molecule has 1 atom stereocenters. The van der Waals surface area contributed by atoms with Crippen LogP contribution in [-0.2, 0) is 16.0 Å². The van der Waals surface area contributed by atoms with E-state index >= 15 is 0 Å². The van der Waals surface area contributed by atoms with E-state index in [0.717, 1.165) is 17.5 Å². The van der Waals surface area contributed by atoms with Gasteiger partial charge in [-0.25, -0.2) is 4.79 Å². The minimum atomic E-state index is -1.05. The van der Waals surface area contributed by atoms with Gasteiger partial charge in [0.05, 0.1) is 5.69 Å². The number of anilines is 1. The standard InChI is InChI=1S/C14H18ClNO3/c1-4-11-7-5-6-9(2)13(11)16(12(17)8-15)10(3)14(18)19/h5-7,10H,4,8H2,1-3H3,(H,18,19). The third-order valence-electron chi connectivity index (χ3n) is 3.07. The molecule has 0 fully saturated rings. The maximum Gasteiger partial charge on any atom is 0.326 e. The van der Waals surface area contributed by atoms with Crippen LogP contribution in [0.1, 0.15) is 25.0 Å². The first kappa shape index (κ1) is 15.5. The van der Waals surface area contributed by atoms with Crippen molar-refractivity contribution in [3.63, 3.8) is 0 Å². The fourth-order valence-electron chi connectivity index (χ4n) is 2.06. The Balaban J connectivity index is 3.40. The number of carboxylic acids is 1. The number of carbonyl (C=O) groups excluding carboxylic acids is 1. The molecule has 5 heteroatoms. The van der Waals surface area contributed by atoms with Crippen LogP contribution in [0.3, 0.4) is 0 Å². The summed E-state index contributed by atoms with van der Waals surface area (Å²) in [6, 6.07) is 4.70. The average Bonchev–Trinajstić information content (AvgIpc) is 2.39. The molecule has 1 amide bonds. The molecule has 0 aliphatic heterocycles. The lowest BCUT2D eigenvalue weighted by atomic mass is 10.0. The van der Waals surface area contributed by atoms with E-state index < -0.39 is 17.9 Å². The number of aliphatic carboxylic acids is 1. The second-order valence-electron chi connectivity index (χ2n) is 4.35. The quantitative estimate of drug-likeness (QED) is 0.845. The van der Waals surface area contributed by atoms with E-state index in [1.165, 1.54) is 11.8 Å². The predicted octanol–water partition coefficient (Wildman–Crippen LogP) is 2.60. The molecule has 1 aromatic rings. The van der Waals surface area contributed by atoms with E-state index in [-0.39, 0.29) is 5.88 Å². The monoisotopic (exact) mass is 283 g/mol. The fraction of sp³-hybridized carbons (Fsp3) is 0.429. The SMILES string of the molecule is CCc1cccc(C)c1N(C(=O)CCl)C(C)C(=O)O. The van der Waals surface area contributed by atoms with Crippen molar-refractivity contribution in [1.82, 2.24) is 0 Å². The molecule has 0 saturated heterocycles. The van der Waals surface area contributed by atoms with Gasteiger partial charge in [0.25, 0.3) is 0 Å². The Hall–Kier alpha value is -1.55. The van der Waals surface area contributed by atoms with E-state index in [1.54, 1.807) is 0 Å². The maximum atomic E-state index is 12.0. The number of benzene rings is 1. The summed E-state index contributed by atoms with van der Waals surface area (Å²) in [5, 5.41) is 9.18. The van der Waals surface area contributed by atoms with Crippen molar-refractivity contribution in [2.45, 2.75) is 33.2 Å². The van der Waals surface area contributed by atoms with Crippen LogP contribution in [0.2, 0.25) is 0 Å². The highest BCUT2D eigenvalue weighted by Crippen LogP contribution is 2.28. The number of rotatable bonds is 5. The molecule has 0 saturated carbocycles. The summed E-state index contributed by atoms with van der Waals surface area (Å²) in [6.07, 6.45) is 0.718. The smallest absolute Gasteiger partial charge is 0.326 e. The van der Waals surface area contributed by atoms with E-state index in [9.17, 15) is 14.7 Å². The minimum absolute atomic E-state index is 0.241. The highest BCUT2D eigenvalue weighted by atomic mass is 35.5. The van der Waals surface area contributed by atoms with Gasteiger partial charge >= 0.3 is 5.97 Å². The number of aryl methyl sites for hydroxylation is 2. The Bertz CT molecular complexity index is 488. The number of para-hydroxylation sites is 1. The summed E-state index contributed by atoms with van der Waals surface area (Å²) in [4.78, 5) is 24.5. The Labute approximate surface area is 118 Å². The maximum absolute atomic E-state index is 12.0. The molecule has 0 heterocycles. The Morgan fingerprint density at radius 2 is 2.05 bits per heavy atom. The first-order chi connectivity index (χ1) is 8.93. The average molecular weight is 284 g/mol. The van der Waals surface area contributed by atoms with Crippen LogP contribution in [0.5, 0.6) is 0 Å². The molecular formula is C14H18ClNO3. The molecule has 1 rings (SSSR count). The van der Waals surface area contributed by atoms with Gasteiger partial charge in [0.1, 0.15) is 11.9 Å². The summed E-state index contributed by atoms with van der Waals surface area (Å²) in [5.74, 6) is -1.70. The van der Waals surface area contributed by atoms with Gasteiger partial charge in [0.2, 0.25) is 5.91 Å². The number of carboxylic acid groups (broad SMARTS) is 1. The van der Waals surface area contributed by atoms with Gasteiger partial charge in [-0.15, -0.1) is 11.6 Å². The molecule has 1 unspecified atom stereocenters.